The normalized spacial score (nSPS) is 11.3. The van der Waals surface area contributed by atoms with Crippen LogP contribution in [-0.4, -0.2) is 5.78 Å². The molecule has 0 aromatic rings. The Bertz CT molecular complexity index is 218. The van der Waals surface area contributed by atoms with Gasteiger partial charge in [0.1, 0.15) is 5.78 Å². The van der Waals surface area contributed by atoms with Gasteiger partial charge in [-0.3, -0.25) is 4.79 Å². The average Bonchev–Trinajstić information content (AvgIpc) is 2.41. The van der Waals surface area contributed by atoms with Gasteiger partial charge in [0.05, 0.1) is 0 Å². The lowest BCUT2D eigenvalue weighted by Crippen LogP contribution is -1.96. The van der Waals surface area contributed by atoms with Gasteiger partial charge < -0.3 is 0 Å². The predicted molar refractivity (Wildman–Crippen MR) is 85.5 cm³/mol. The van der Waals surface area contributed by atoms with Crippen molar-refractivity contribution in [1.29, 1.82) is 0 Å². The van der Waals surface area contributed by atoms with Crippen molar-refractivity contribution in [1.82, 2.24) is 0 Å². The quantitative estimate of drug-likeness (QED) is 0.269. The van der Waals surface area contributed by atoms with E-state index >= 15 is 0 Å². The molecule has 0 aliphatic heterocycles. The SMILES string of the molecule is CCCCCC=CCCC(=O)CCCCCCCC. The van der Waals surface area contributed by atoms with Gasteiger partial charge in [0, 0.05) is 12.8 Å². The molecule has 0 saturated heterocycles. The summed E-state index contributed by atoms with van der Waals surface area (Å²) >= 11 is 0. The summed E-state index contributed by atoms with van der Waals surface area (Å²) < 4.78 is 0. The van der Waals surface area contributed by atoms with E-state index in [1.54, 1.807) is 0 Å². The van der Waals surface area contributed by atoms with E-state index in [-0.39, 0.29) is 0 Å². The first kappa shape index (κ1) is 18.4. The maximum absolute atomic E-state index is 11.6. The summed E-state index contributed by atoms with van der Waals surface area (Å²) in [5.74, 6) is 0.452. The molecule has 1 nitrogen and oxygen atoms in total. The minimum absolute atomic E-state index is 0.452. The fraction of sp³-hybridized carbons (Fsp3) is 0.833. The zero-order valence-corrected chi connectivity index (χ0v) is 13.3. The third-order valence-corrected chi connectivity index (χ3v) is 3.54. The monoisotopic (exact) mass is 266 g/mol. The van der Waals surface area contributed by atoms with E-state index in [2.05, 4.69) is 26.0 Å². The zero-order chi connectivity index (χ0) is 14.2. The Balaban J connectivity index is 3.25. The summed E-state index contributed by atoms with van der Waals surface area (Å²) in [6.45, 7) is 4.46. The molecule has 112 valence electrons. The van der Waals surface area contributed by atoms with Crippen molar-refractivity contribution >= 4 is 5.78 Å². The molecular formula is C18H34O. The van der Waals surface area contributed by atoms with Crippen molar-refractivity contribution in [3.63, 3.8) is 0 Å². The van der Waals surface area contributed by atoms with Crippen molar-refractivity contribution in [2.75, 3.05) is 0 Å². The van der Waals surface area contributed by atoms with Crippen LogP contribution in [0.1, 0.15) is 97.3 Å². The minimum atomic E-state index is 0.452. The Hall–Kier alpha value is -0.590. The number of rotatable bonds is 14. The molecule has 0 heterocycles. The van der Waals surface area contributed by atoms with E-state index in [0.717, 1.165) is 25.7 Å². The maximum atomic E-state index is 11.6. The fourth-order valence-electron chi connectivity index (χ4n) is 2.22. The van der Waals surface area contributed by atoms with Crippen molar-refractivity contribution in [2.24, 2.45) is 0 Å². The molecule has 0 saturated carbocycles. The third kappa shape index (κ3) is 15.4. The minimum Gasteiger partial charge on any atom is -0.300 e. The summed E-state index contributed by atoms with van der Waals surface area (Å²) in [5.41, 5.74) is 0. The molecule has 0 aromatic carbocycles. The molecule has 1 heteroatoms. The number of carbonyl (C=O) groups is 1. The Morgan fingerprint density at radius 1 is 0.684 bits per heavy atom. The highest BCUT2D eigenvalue weighted by molar-refractivity contribution is 5.78. The second kappa shape index (κ2) is 15.5. The van der Waals surface area contributed by atoms with Crippen molar-refractivity contribution in [3.8, 4) is 0 Å². The molecule has 0 atom stereocenters. The number of unbranched alkanes of at least 4 members (excludes halogenated alkanes) is 8. The van der Waals surface area contributed by atoms with Gasteiger partial charge in [-0.2, -0.15) is 0 Å². The molecule has 0 rings (SSSR count). The fourth-order valence-corrected chi connectivity index (χ4v) is 2.22. The van der Waals surface area contributed by atoms with Crippen molar-refractivity contribution in [2.45, 2.75) is 97.3 Å². The molecule has 0 N–H and O–H groups in total. The van der Waals surface area contributed by atoms with Crippen LogP contribution in [0.5, 0.6) is 0 Å². The highest BCUT2D eigenvalue weighted by atomic mass is 16.1. The molecule has 0 spiro atoms. The molecular weight excluding hydrogens is 232 g/mol. The molecule has 19 heavy (non-hydrogen) atoms. The lowest BCUT2D eigenvalue weighted by Gasteiger charge is -2.00. The standard InChI is InChI=1S/C18H34O/c1-3-5-7-9-11-13-15-17-18(19)16-14-12-10-8-6-4-2/h11,13H,3-10,12,14-17H2,1-2H3. The predicted octanol–water partition coefficient (Wildman–Crippen LogP) is 6.22. The van der Waals surface area contributed by atoms with Crippen LogP contribution in [-0.2, 0) is 4.79 Å². The van der Waals surface area contributed by atoms with Gasteiger partial charge >= 0.3 is 0 Å². The molecule has 0 fully saturated rings. The van der Waals surface area contributed by atoms with Crippen molar-refractivity contribution in [3.05, 3.63) is 12.2 Å². The van der Waals surface area contributed by atoms with Crippen LogP contribution in [0, 0.1) is 0 Å². The van der Waals surface area contributed by atoms with Crippen LogP contribution >= 0.6 is 0 Å². The lowest BCUT2D eigenvalue weighted by molar-refractivity contribution is -0.119. The molecule has 0 aliphatic rings. The number of ketones is 1. The van der Waals surface area contributed by atoms with E-state index in [0.29, 0.717) is 5.78 Å². The van der Waals surface area contributed by atoms with Gasteiger partial charge in [0.2, 0.25) is 0 Å². The summed E-state index contributed by atoms with van der Waals surface area (Å²) in [6.07, 6.45) is 19.6. The summed E-state index contributed by atoms with van der Waals surface area (Å²) in [5, 5.41) is 0. The van der Waals surface area contributed by atoms with Crippen LogP contribution in [0.2, 0.25) is 0 Å². The number of Topliss-reactive ketones (excluding diaryl/α,β-unsaturated/α-hetero) is 1. The van der Waals surface area contributed by atoms with Crippen LogP contribution in [0.25, 0.3) is 0 Å². The topological polar surface area (TPSA) is 17.1 Å². The molecule has 0 amide bonds. The summed E-state index contributed by atoms with van der Waals surface area (Å²) in [4.78, 5) is 11.6. The average molecular weight is 266 g/mol. The van der Waals surface area contributed by atoms with Gasteiger partial charge in [-0.1, -0.05) is 70.9 Å². The van der Waals surface area contributed by atoms with Crippen LogP contribution < -0.4 is 0 Å². The van der Waals surface area contributed by atoms with Crippen molar-refractivity contribution < 1.29 is 4.79 Å². The van der Waals surface area contributed by atoms with Crippen LogP contribution in [0.3, 0.4) is 0 Å². The van der Waals surface area contributed by atoms with Gasteiger partial charge in [0.15, 0.2) is 0 Å². The molecule has 0 unspecified atom stereocenters. The number of carbonyl (C=O) groups excluding carboxylic acids is 1. The Morgan fingerprint density at radius 2 is 1.26 bits per heavy atom. The van der Waals surface area contributed by atoms with E-state index in [1.165, 1.54) is 57.8 Å². The zero-order valence-electron chi connectivity index (χ0n) is 13.3. The second-order valence-corrected chi connectivity index (χ2v) is 5.56. The third-order valence-electron chi connectivity index (χ3n) is 3.54. The summed E-state index contributed by atoms with van der Waals surface area (Å²) in [6, 6.07) is 0. The van der Waals surface area contributed by atoms with E-state index in [1.807, 2.05) is 0 Å². The largest absolute Gasteiger partial charge is 0.300 e. The molecule has 0 aliphatic carbocycles. The number of hydrogen-bond donors (Lipinski definition) is 0. The summed E-state index contributed by atoms with van der Waals surface area (Å²) in [7, 11) is 0. The van der Waals surface area contributed by atoms with Gasteiger partial charge in [-0.15, -0.1) is 0 Å². The number of allylic oxidation sites excluding steroid dienone is 2. The van der Waals surface area contributed by atoms with E-state index in [4.69, 9.17) is 0 Å². The Morgan fingerprint density at radius 3 is 2.00 bits per heavy atom. The number of hydrogen-bond acceptors (Lipinski definition) is 1. The van der Waals surface area contributed by atoms with Crippen LogP contribution in [0.15, 0.2) is 12.2 Å². The smallest absolute Gasteiger partial charge is 0.133 e. The van der Waals surface area contributed by atoms with E-state index in [9.17, 15) is 4.79 Å². The van der Waals surface area contributed by atoms with Crippen LogP contribution in [0.4, 0.5) is 0 Å². The first-order valence-electron chi connectivity index (χ1n) is 8.48. The Labute approximate surface area is 120 Å². The van der Waals surface area contributed by atoms with E-state index < -0.39 is 0 Å². The first-order valence-corrected chi connectivity index (χ1v) is 8.48. The molecule has 0 bridgehead atoms. The molecule has 0 aromatic heterocycles. The highest BCUT2D eigenvalue weighted by Crippen LogP contribution is 2.09. The second-order valence-electron chi connectivity index (χ2n) is 5.56. The van der Waals surface area contributed by atoms with Gasteiger partial charge in [0.25, 0.3) is 0 Å². The lowest BCUT2D eigenvalue weighted by atomic mass is 10.1. The highest BCUT2D eigenvalue weighted by Gasteiger charge is 2.00. The Kier molecular flexibility index (Phi) is 15.0. The first-order chi connectivity index (χ1) is 9.31. The van der Waals surface area contributed by atoms with Gasteiger partial charge in [-0.25, -0.2) is 0 Å². The maximum Gasteiger partial charge on any atom is 0.133 e. The van der Waals surface area contributed by atoms with Gasteiger partial charge in [-0.05, 0) is 25.7 Å². The molecule has 0 radical (unpaired) electrons.